The largest absolute Gasteiger partial charge is 0.0622 e. The topological polar surface area (TPSA) is 0 Å². The van der Waals surface area contributed by atoms with Crippen LogP contribution in [0, 0.1) is 0 Å². The van der Waals surface area contributed by atoms with Gasteiger partial charge in [-0.05, 0) is 98.4 Å². The quantitative estimate of drug-likeness (QED) is 0.134. The Balaban J connectivity index is 1.44. The molecule has 0 atom stereocenters. The summed E-state index contributed by atoms with van der Waals surface area (Å²) in [5.41, 5.74) is 10.0. The minimum atomic E-state index is 1.22. The number of rotatable bonds is 4. The molecular weight excluding hydrogens is 601 g/mol. The van der Waals surface area contributed by atoms with Gasteiger partial charge in [0.05, 0.1) is 0 Å². The van der Waals surface area contributed by atoms with Crippen molar-refractivity contribution in [3.05, 3.63) is 194 Å². The lowest BCUT2D eigenvalue weighted by molar-refractivity contribution is 1.60. The van der Waals surface area contributed by atoms with E-state index in [1.165, 1.54) is 98.4 Å². The van der Waals surface area contributed by atoms with Crippen LogP contribution < -0.4 is 0 Å². The van der Waals surface area contributed by atoms with Crippen LogP contribution >= 0.6 is 0 Å². The minimum Gasteiger partial charge on any atom is -0.0622 e. The second kappa shape index (κ2) is 11.6. The molecular formula is C50H32. The summed E-state index contributed by atoms with van der Waals surface area (Å²) >= 11 is 0. The molecule has 10 aromatic carbocycles. The van der Waals surface area contributed by atoms with Crippen molar-refractivity contribution in [2.45, 2.75) is 0 Å². The Morgan fingerprint density at radius 3 is 1.08 bits per heavy atom. The van der Waals surface area contributed by atoms with Crippen molar-refractivity contribution in [1.82, 2.24) is 0 Å². The van der Waals surface area contributed by atoms with Gasteiger partial charge in [-0.15, -0.1) is 0 Å². The van der Waals surface area contributed by atoms with E-state index >= 15 is 0 Å². The van der Waals surface area contributed by atoms with E-state index in [0.717, 1.165) is 0 Å². The van der Waals surface area contributed by atoms with Gasteiger partial charge in [-0.2, -0.15) is 0 Å². The van der Waals surface area contributed by atoms with Gasteiger partial charge in [0.15, 0.2) is 0 Å². The van der Waals surface area contributed by atoms with Crippen LogP contribution in [-0.2, 0) is 0 Å². The second-order valence-electron chi connectivity index (χ2n) is 13.1. The lowest BCUT2D eigenvalue weighted by Gasteiger charge is -2.23. The summed E-state index contributed by atoms with van der Waals surface area (Å²) in [7, 11) is 0. The van der Waals surface area contributed by atoms with E-state index in [1.807, 2.05) is 0 Å². The van der Waals surface area contributed by atoms with Gasteiger partial charge in [0.2, 0.25) is 0 Å². The summed E-state index contributed by atoms with van der Waals surface area (Å²) < 4.78 is 0. The standard InChI is InChI=1S/C50H32/c1-3-17-33(18-4-1)35-21-7-11-25-40(35)47-42-27-13-15-29-44(42)49(45-30-16-14-28-43(45)47)50-36(34-19-5-2-6-20-34)31-32-46-39-24-9-8-22-37(39)38-23-10-12-26-41(38)48(46)50/h1-32H. The van der Waals surface area contributed by atoms with Crippen molar-refractivity contribution >= 4 is 53.9 Å². The molecule has 0 bridgehead atoms. The Morgan fingerprint density at radius 1 is 0.180 bits per heavy atom. The summed E-state index contributed by atoms with van der Waals surface area (Å²) in [5.74, 6) is 0. The van der Waals surface area contributed by atoms with E-state index in [4.69, 9.17) is 0 Å². The molecule has 50 heavy (non-hydrogen) atoms. The van der Waals surface area contributed by atoms with Gasteiger partial charge in [0, 0.05) is 0 Å². The Hall–Kier alpha value is -6.50. The molecule has 10 aromatic rings. The molecule has 0 nitrogen and oxygen atoms in total. The Bertz CT molecular complexity index is 2810. The molecule has 0 amide bonds. The lowest BCUT2D eigenvalue weighted by atomic mass is 9.79. The average molecular weight is 633 g/mol. The third kappa shape index (κ3) is 4.32. The van der Waals surface area contributed by atoms with Crippen LogP contribution in [-0.4, -0.2) is 0 Å². The molecule has 0 saturated heterocycles. The van der Waals surface area contributed by atoms with Crippen molar-refractivity contribution < 1.29 is 0 Å². The zero-order valence-electron chi connectivity index (χ0n) is 27.5. The highest BCUT2D eigenvalue weighted by Crippen LogP contribution is 2.51. The molecule has 0 aliphatic rings. The SMILES string of the molecule is c1ccc(-c2ccccc2-c2c3ccccc3c(-c3c(-c4ccccc4)ccc4c5ccccc5c5ccccc5c34)c3ccccc23)cc1. The molecule has 0 aliphatic heterocycles. The third-order valence-electron chi connectivity index (χ3n) is 10.5. The predicted octanol–water partition coefficient (Wildman–Crippen LogP) is 14.1. The van der Waals surface area contributed by atoms with E-state index in [9.17, 15) is 0 Å². The van der Waals surface area contributed by atoms with Gasteiger partial charge in [0.25, 0.3) is 0 Å². The maximum absolute atomic E-state index is 2.36. The van der Waals surface area contributed by atoms with E-state index < -0.39 is 0 Å². The van der Waals surface area contributed by atoms with Crippen molar-refractivity contribution in [2.75, 3.05) is 0 Å². The highest BCUT2D eigenvalue weighted by atomic mass is 14.3. The van der Waals surface area contributed by atoms with Gasteiger partial charge < -0.3 is 0 Å². The summed E-state index contributed by atoms with van der Waals surface area (Å²) in [6.45, 7) is 0. The summed E-state index contributed by atoms with van der Waals surface area (Å²) in [4.78, 5) is 0. The normalized spacial score (nSPS) is 11.6. The average Bonchev–Trinajstić information content (AvgIpc) is 3.20. The Kier molecular flexibility index (Phi) is 6.60. The predicted molar refractivity (Wildman–Crippen MR) is 216 cm³/mol. The first-order valence-electron chi connectivity index (χ1n) is 17.4. The van der Waals surface area contributed by atoms with Crippen LogP contribution in [0.2, 0.25) is 0 Å². The van der Waals surface area contributed by atoms with Crippen LogP contribution in [0.25, 0.3) is 98.4 Å². The molecule has 0 N–H and O–H groups in total. The fourth-order valence-electron chi connectivity index (χ4n) is 8.37. The lowest BCUT2D eigenvalue weighted by Crippen LogP contribution is -1.96. The molecule has 0 heteroatoms. The first-order valence-corrected chi connectivity index (χ1v) is 17.4. The third-order valence-corrected chi connectivity index (χ3v) is 10.5. The molecule has 0 fully saturated rings. The van der Waals surface area contributed by atoms with Crippen LogP contribution in [0.1, 0.15) is 0 Å². The summed E-state index contributed by atoms with van der Waals surface area (Å²) in [5, 5.41) is 12.7. The zero-order valence-corrected chi connectivity index (χ0v) is 27.5. The first kappa shape index (κ1) is 28.5. The first-order chi connectivity index (χ1) is 24.9. The fraction of sp³-hybridized carbons (Fsp3) is 0. The number of hydrogen-bond donors (Lipinski definition) is 0. The van der Waals surface area contributed by atoms with Gasteiger partial charge in [-0.3, -0.25) is 0 Å². The van der Waals surface area contributed by atoms with Crippen LogP contribution in [0.4, 0.5) is 0 Å². The highest BCUT2D eigenvalue weighted by Gasteiger charge is 2.23. The molecule has 232 valence electrons. The second-order valence-corrected chi connectivity index (χ2v) is 13.1. The van der Waals surface area contributed by atoms with Crippen LogP contribution in [0.3, 0.4) is 0 Å². The minimum absolute atomic E-state index is 1.22. The maximum atomic E-state index is 2.36. The smallest absolute Gasteiger partial charge is 0.000785 e. The molecule has 0 aromatic heterocycles. The zero-order chi connectivity index (χ0) is 33.0. The van der Waals surface area contributed by atoms with Gasteiger partial charge in [-0.25, -0.2) is 0 Å². The number of benzene rings is 10. The molecule has 0 spiro atoms. The molecule has 0 saturated carbocycles. The number of fused-ring (bicyclic) bond motifs is 8. The molecule has 0 unspecified atom stereocenters. The van der Waals surface area contributed by atoms with Crippen molar-refractivity contribution in [2.24, 2.45) is 0 Å². The van der Waals surface area contributed by atoms with E-state index in [2.05, 4.69) is 194 Å². The Morgan fingerprint density at radius 2 is 0.540 bits per heavy atom. The highest BCUT2D eigenvalue weighted by molar-refractivity contribution is 6.33. The van der Waals surface area contributed by atoms with Crippen LogP contribution in [0.15, 0.2) is 194 Å². The van der Waals surface area contributed by atoms with Crippen LogP contribution in [0.5, 0.6) is 0 Å². The van der Waals surface area contributed by atoms with Gasteiger partial charge in [-0.1, -0.05) is 194 Å². The molecule has 0 aliphatic carbocycles. The van der Waals surface area contributed by atoms with Crippen molar-refractivity contribution in [3.63, 3.8) is 0 Å². The van der Waals surface area contributed by atoms with Gasteiger partial charge in [0.1, 0.15) is 0 Å². The van der Waals surface area contributed by atoms with E-state index in [1.54, 1.807) is 0 Å². The monoisotopic (exact) mass is 632 g/mol. The summed E-state index contributed by atoms with van der Waals surface area (Å²) in [6, 6.07) is 71.3. The molecule has 0 radical (unpaired) electrons. The van der Waals surface area contributed by atoms with Crippen molar-refractivity contribution in [3.8, 4) is 44.5 Å². The summed E-state index contributed by atoms with van der Waals surface area (Å²) in [6.07, 6.45) is 0. The molecule has 0 heterocycles. The Labute approximate surface area is 291 Å². The van der Waals surface area contributed by atoms with Gasteiger partial charge >= 0.3 is 0 Å². The van der Waals surface area contributed by atoms with Crippen molar-refractivity contribution in [1.29, 1.82) is 0 Å². The van der Waals surface area contributed by atoms with E-state index in [0.29, 0.717) is 0 Å². The molecule has 10 rings (SSSR count). The van der Waals surface area contributed by atoms with E-state index in [-0.39, 0.29) is 0 Å². The fourth-order valence-corrected chi connectivity index (χ4v) is 8.37. The number of hydrogen-bond acceptors (Lipinski definition) is 0. The maximum Gasteiger partial charge on any atom is -0.000785 e.